The number of hydrogen-bond acceptors (Lipinski definition) is 2. The van der Waals surface area contributed by atoms with E-state index in [4.69, 9.17) is 0 Å². The molecule has 1 N–H and O–H groups in total. The lowest BCUT2D eigenvalue weighted by molar-refractivity contribution is -0.138. The Labute approximate surface area is 130 Å². The van der Waals surface area contributed by atoms with Gasteiger partial charge in [0.05, 0.1) is 5.56 Å². The fraction of sp³-hybridized carbons (Fsp3) is 0.250. The van der Waals surface area contributed by atoms with Crippen LogP contribution in [0.3, 0.4) is 0 Å². The number of alkyl halides is 3. The second-order valence-corrected chi connectivity index (χ2v) is 5.25. The monoisotopic (exact) mass is 324 g/mol. The summed E-state index contributed by atoms with van der Waals surface area (Å²) in [6.07, 6.45) is -3.93. The molecule has 0 radical (unpaired) electrons. The van der Waals surface area contributed by atoms with Crippen molar-refractivity contribution < 1.29 is 18.0 Å². The summed E-state index contributed by atoms with van der Waals surface area (Å²) in [6.45, 7) is 3.16. The van der Waals surface area contributed by atoms with Crippen LogP contribution in [0.1, 0.15) is 16.7 Å². The molecule has 0 unspecified atom stereocenters. The second-order valence-electron chi connectivity index (χ2n) is 5.25. The fourth-order valence-electron chi connectivity index (χ4n) is 2.04. The van der Waals surface area contributed by atoms with E-state index in [-0.39, 0.29) is 0 Å². The molecule has 0 fully saturated rings. The lowest BCUT2D eigenvalue weighted by atomic mass is 10.1. The Bertz CT molecular complexity index is 795. The van der Waals surface area contributed by atoms with Crippen molar-refractivity contribution >= 4 is 11.6 Å². The first-order valence-corrected chi connectivity index (χ1v) is 6.81. The van der Waals surface area contributed by atoms with Gasteiger partial charge in [-0.2, -0.15) is 13.2 Å². The van der Waals surface area contributed by atoms with Crippen molar-refractivity contribution in [3.05, 3.63) is 63.6 Å². The van der Waals surface area contributed by atoms with E-state index in [0.29, 0.717) is 18.0 Å². The number of pyridine rings is 1. The highest BCUT2D eigenvalue weighted by atomic mass is 19.4. The van der Waals surface area contributed by atoms with Gasteiger partial charge in [-0.15, -0.1) is 0 Å². The molecule has 4 nitrogen and oxygen atoms in total. The van der Waals surface area contributed by atoms with Gasteiger partial charge < -0.3 is 9.88 Å². The Morgan fingerprint density at radius 1 is 1.17 bits per heavy atom. The number of nitrogens with one attached hydrogen (secondary N) is 1. The number of anilines is 1. The molecule has 0 aliphatic rings. The van der Waals surface area contributed by atoms with Crippen LogP contribution < -0.4 is 10.9 Å². The van der Waals surface area contributed by atoms with Gasteiger partial charge in [-0.25, -0.2) is 0 Å². The van der Waals surface area contributed by atoms with Crippen LogP contribution in [0.4, 0.5) is 18.9 Å². The lowest BCUT2D eigenvalue weighted by Crippen LogP contribution is -2.28. The first kappa shape index (κ1) is 16.8. The maximum absolute atomic E-state index is 12.7. The van der Waals surface area contributed by atoms with Crippen LogP contribution in [-0.4, -0.2) is 10.5 Å². The van der Waals surface area contributed by atoms with E-state index in [1.54, 1.807) is 13.0 Å². The minimum atomic E-state index is -4.57. The molecule has 1 heterocycles. The van der Waals surface area contributed by atoms with Gasteiger partial charge in [0.25, 0.3) is 5.56 Å². The van der Waals surface area contributed by atoms with E-state index in [1.807, 2.05) is 19.1 Å². The van der Waals surface area contributed by atoms with E-state index in [2.05, 4.69) is 5.32 Å². The Morgan fingerprint density at radius 2 is 1.87 bits per heavy atom. The summed E-state index contributed by atoms with van der Waals surface area (Å²) in [4.78, 5) is 23.6. The third-order valence-corrected chi connectivity index (χ3v) is 3.29. The van der Waals surface area contributed by atoms with Crippen molar-refractivity contribution in [2.45, 2.75) is 26.6 Å². The summed E-state index contributed by atoms with van der Waals surface area (Å²) in [5, 5.41) is 2.61. The molecule has 2 aromatic rings. The van der Waals surface area contributed by atoms with Crippen molar-refractivity contribution in [3.63, 3.8) is 0 Å². The van der Waals surface area contributed by atoms with E-state index < -0.39 is 29.8 Å². The van der Waals surface area contributed by atoms with Gasteiger partial charge in [0.2, 0.25) is 5.91 Å². The van der Waals surface area contributed by atoms with Crippen LogP contribution in [0, 0.1) is 13.8 Å². The zero-order valence-corrected chi connectivity index (χ0v) is 12.6. The number of hydrogen-bond donors (Lipinski definition) is 1. The van der Waals surface area contributed by atoms with Crippen LogP contribution >= 0.6 is 0 Å². The molecular weight excluding hydrogens is 309 g/mol. The molecule has 1 aromatic carbocycles. The molecule has 0 aliphatic heterocycles. The third-order valence-electron chi connectivity index (χ3n) is 3.29. The summed E-state index contributed by atoms with van der Waals surface area (Å²) in [5.41, 5.74) is 0.670. The van der Waals surface area contributed by atoms with Crippen molar-refractivity contribution in [1.29, 1.82) is 0 Å². The molecule has 7 heteroatoms. The topological polar surface area (TPSA) is 51.1 Å². The second kappa shape index (κ2) is 6.28. The Hall–Kier alpha value is -2.57. The van der Waals surface area contributed by atoms with Crippen molar-refractivity contribution in [1.82, 2.24) is 4.57 Å². The van der Waals surface area contributed by atoms with Crippen LogP contribution in [0.2, 0.25) is 0 Å². The predicted octanol–water partition coefficient (Wildman–Crippen LogP) is 3.12. The average molecular weight is 324 g/mol. The zero-order valence-electron chi connectivity index (χ0n) is 12.6. The first-order valence-electron chi connectivity index (χ1n) is 6.81. The number of nitrogens with zero attached hydrogens (tertiary/aromatic N) is 1. The minimum Gasteiger partial charge on any atom is -0.324 e. The van der Waals surface area contributed by atoms with E-state index in [1.165, 1.54) is 0 Å². The highest BCUT2D eigenvalue weighted by Crippen LogP contribution is 2.28. The highest BCUT2D eigenvalue weighted by Gasteiger charge is 2.31. The molecule has 0 spiro atoms. The Kier molecular flexibility index (Phi) is 4.58. The van der Waals surface area contributed by atoms with Crippen molar-refractivity contribution in [2.24, 2.45) is 0 Å². The van der Waals surface area contributed by atoms with Crippen molar-refractivity contribution in [2.75, 3.05) is 5.32 Å². The number of aromatic nitrogens is 1. The quantitative estimate of drug-likeness (QED) is 0.943. The summed E-state index contributed by atoms with van der Waals surface area (Å²) in [5.74, 6) is -0.569. The number of aryl methyl sites for hydroxylation is 2. The Morgan fingerprint density at radius 3 is 2.52 bits per heavy atom. The highest BCUT2D eigenvalue weighted by molar-refractivity contribution is 5.91. The van der Waals surface area contributed by atoms with Crippen LogP contribution in [0.25, 0.3) is 0 Å². The fourth-order valence-corrected chi connectivity index (χ4v) is 2.04. The molecule has 0 saturated heterocycles. The third kappa shape index (κ3) is 4.21. The normalized spacial score (nSPS) is 11.3. The summed E-state index contributed by atoms with van der Waals surface area (Å²) in [6, 6.07) is 6.95. The number of halogens is 3. The molecule has 0 saturated carbocycles. The molecule has 1 amide bonds. The molecule has 23 heavy (non-hydrogen) atoms. The predicted molar refractivity (Wildman–Crippen MR) is 80.2 cm³/mol. The number of benzene rings is 1. The summed E-state index contributed by atoms with van der Waals surface area (Å²) >= 11 is 0. The zero-order chi connectivity index (χ0) is 17.2. The molecule has 0 bridgehead atoms. The first-order chi connectivity index (χ1) is 10.7. The SMILES string of the molecule is Cc1ccc(C)c(NC(=O)Cn2cc(C(F)(F)F)ccc2=O)c1. The molecule has 122 valence electrons. The molecule has 0 aliphatic carbocycles. The smallest absolute Gasteiger partial charge is 0.324 e. The van der Waals surface area contributed by atoms with Crippen LogP contribution in [-0.2, 0) is 17.5 Å². The standard InChI is InChI=1S/C16H15F3N2O2/c1-10-3-4-11(2)13(7-10)20-14(22)9-21-8-12(16(17,18)19)5-6-15(21)23/h3-8H,9H2,1-2H3,(H,20,22). The number of rotatable bonds is 3. The van der Waals surface area contributed by atoms with Gasteiger partial charge in [-0.3, -0.25) is 9.59 Å². The molecule has 2 rings (SSSR count). The van der Waals surface area contributed by atoms with Gasteiger partial charge >= 0.3 is 6.18 Å². The largest absolute Gasteiger partial charge is 0.417 e. The average Bonchev–Trinajstić information content (AvgIpc) is 2.44. The molecule has 1 aromatic heterocycles. The number of amides is 1. The van der Waals surface area contributed by atoms with E-state index >= 15 is 0 Å². The van der Waals surface area contributed by atoms with Gasteiger partial charge in [-0.1, -0.05) is 12.1 Å². The van der Waals surface area contributed by atoms with Crippen LogP contribution in [0.5, 0.6) is 0 Å². The maximum atomic E-state index is 12.7. The van der Waals surface area contributed by atoms with Gasteiger partial charge in [0.1, 0.15) is 6.54 Å². The van der Waals surface area contributed by atoms with Crippen molar-refractivity contribution in [3.8, 4) is 0 Å². The minimum absolute atomic E-state index is 0.490. The molecular formula is C16H15F3N2O2. The summed E-state index contributed by atoms with van der Waals surface area (Å²) < 4.78 is 38.7. The summed E-state index contributed by atoms with van der Waals surface area (Å²) in [7, 11) is 0. The van der Waals surface area contributed by atoms with Gasteiger partial charge in [0.15, 0.2) is 0 Å². The maximum Gasteiger partial charge on any atom is 0.417 e. The van der Waals surface area contributed by atoms with Gasteiger partial charge in [-0.05, 0) is 37.1 Å². The molecule has 0 atom stereocenters. The lowest BCUT2D eigenvalue weighted by Gasteiger charge is -2.12. The van der Waals surface area contributed by atoms with E-state index in [0.717, 1.165) is 21.8 Å². The number of carbonyl (C=O) groups excluding carboxylic acids is 1. The van der Waals surface area contributed by atoms with E-state index in [9.17, 15) is 22.8 Å². The number of carbonyl (C=O) groups is 1. The van der Waals surface area contributed by atoms with Crippen LogP contribution in [0.15, 0.2) is 41.3 Å². The van der Waals surface area contributed by atoms with Gasteiger partial charge in [0, 0.05) is 18.0 Å². The Balaban J connectivity index is 2.20.